The molecule has 1 aliphatic rings. The summed E-state index contributed by atoms with van der Waals surface area (Å²) in [6.07, 6.45) is 4.46. The molecule has 0 spiro atoms. The summed E-state index contributed by atoms with van der Waals surface area (Å²) in [4.78, 5) is 11.9. The van der Waals surface area contributed by atoms with Crippen molar-refractivity contribution in [2.24, 2.45) is 5.73 Å². The summed E-state index contributed by atoms with van der Waals surface area (Å²) in [5.41, 5.74) is 8.22. The third-order valence-corrected chi connectivity index (χ3v) is 3.63. The normalized spacial score (nSPS) is 23.0. The number of hydrogen-bond acceptors (Lipinski definition) is 2. The molecule has 1 amide bonds. The summed E-state index contributed by atoms with van der Waals surface area (Å²) < 4.78 is 0. The predicted molar refractivity (Wildman–Crippen MR) is 73.3 cm³/mol. The van der Waals surface area contributed by atoms with Crippen molar-refractivity contribution >= 4 is 5.91 Å². The quantitative estimate of drug-likeness (QED) is 0.851. The number of nitrogens with one attached hydrogen (secondary N) is 1. The Morgan fingerprint density at radius 1 is 1.28 bits per heavy atom. The first kappa shape index (κ1) is 13.1. The summed E-state index contributed by atoms with van der Waals surface area (Å²) >= 11 is 0. The molecule has 0 aromatic heterocycles. The standard InChI is InChI=1S/C15H22N2O/c1-2-11-3-5-12(6-4-11)9-15(18)17-14-8-7-13(16)10-14/h3-6,13-14H,2,7-10,16H2,1H3,(H,17,18). The zero-order chi connectivity index (χ0) is 13.0. The lowest BCUT2D eigenvalue weighted by Gasteiger charge is -2.12. The Morgan fingerprint density at radius 3 is 2.50 bits per heavy atom. The summed E-state index contributed by atoms with van der Waals surface area (Å²) in [5, 5.41) is 3.07. The largest absolute Gasteiger partial charge is 0.353 e. The molecular weight excluding hydrogens is 224 g/mol. The van der Waals surface area contributed by atoms with E-state index >= 15 is 0 Å². The van der Waals surface area contributed by atoms with E-state index < -0.39 is 0 Å². The first-order chi connectivity index (χ1) is 8.67. The third-order valence-electron chi connectivity index (χ3n) is 3.63. The molecular formula is C15H22N2O. The second-order valence-electron chi connectivity index (χ2n) is 5.18. The molecule has 3 nitrogen and oxygen atoms in total. The molecule has 3 heteroatoms. The Hall–Kier alpha value is -1.35. The van der Waals surface area contributed by atoms with Gasteiger partial charge in [0.05, 0.1) is 6.42 Å². The Bertz CT molecular complexity index is 399. The van der Waals surface area contributed by atoms with Crippen LogP contribution in [-0.2, 0) is 17.6 Å². The van der Waals surface area contributed by atoms with E-state index in [1.807, 2.05) is 12.1 Å². The Balaban J connectivity index is 1.83. The van der Waals surface area contributed by atoms with Crippen molar-refractivity contribution in [3.8, 4) is 0 Å². The van der Waals surface area contributed by atoms with Crippen LogP contribution in [0.25, 0.3) is 0 Å². The van der Waals surface area contributed by atoms with E-state index in [2.05, 4.69) is 24.4 Å². The van der Waals surface area contributed by atoms with E-state index in [9.17, 15) is 4.79 Å². The zero-order valence-corrected chi connectivity index (χ0v) is 11.0. The van der Waals surface area contributed by atoms with Crippen LogP contribution in [0.1, 0.15) is 37.3 Å². The molecule has 2 unspecified atom stereocenters. The van der Waals surface area contributed by atoms with Gasteiger partial charge in [-0.05, 0) is 36.8 Å². The number of nitrogens with two attached hydrogens (primary N) is 1. The number of hydrogen-bond donors (Lipinski definition) is 2. The van der Waals surface area contributed by atoms with Crippen LogP contribution < -0.4 is 11.1 Å². The minimum absolute atomic E-state index is 0.110. The highest BCUT2D eigenvalue weighted by Gasteiger charge is 2.22. The molecule has 3 N–H and O–H groups in total. The molecule has 18 heavy (non-hydrogen) atoms. The number of aryl methyl sites for hydroxylation is 1. The number of benzene rings is 1. The molecule has 0 bridgehead atoms. The van der Waals surface area contributed by atoms with E-state index in [1.54, 1.807) is 0 Å². The van der Waals surface area contributed by atoms with Gasteiger partial charge in [0.25, 0.3) is 0 Å². The fraction of sp³-hybridized carbons (Fsp3) is 0.533. The lowest BCUT2D eigenvalue weighted by molar-refractivity contribution is -0.121. The van der Waals surface area contributed by atoms with Crippen LogP contribution >= 0.6 is 0 Å². The zero-order valence-electron chi connectivity index (χ0n) is 11.0. The lowest BCUT2D eigenvalue weighted by Crippen LogP contribution is -2.35. The maximum Gasteiger partial charge on any atom is 0.224 e. The first-order valence-corrected chi connectivity index (χ1v) is 6.80. The smallest absolute Gasteiger partial charge is 0.224 e. The third kappa shape index (κ3) is 3.57. The van der Waals surface area contributed by atoms with E-state index in [1.165, 1.54) is 5.56 Å². The molecule has 1 aromatic carbocycles. The van der Waals surface area contributed by atoms with E-state index in [0.717, 1.165) is 31.2 Å². The van der Waals surface area contributed by atoms with Gasteiger partial charge in [-0.2, -0.15) is 0 Å². The Morgan fingerprint density at radius 2 is 1.94 bits per heavy atom. The minimum Gasteiger partial charge on any atom is -0.353 e. The van der Waals surface area contributed by atoms with Crippen LogP contribution in [0.5, 0.6) is 0 Å². The first-order valence-electron chi connectivity index (χ1n) is 6.80. The van der Waals surface area contributed by atoms with Crippen molar-refractivity contribution in [3.63, 3.8) is 0 Å². The molecule has 1 fully saturated rings. The molecule has 0 aliphatic heterocycles. The van der Waals surface area contributed by atoms with Gasteiger partial charge in [-0.3, -0.25) is 4.79 Å². The highest BCUT2D eigenvalue weighted by molar-refractivity contribution is 5.78. The lowest BCUT2D eigenvalue weighted by atomic mass is 10.1. The second-order valence-corrected chi connectivity index (χ2v) is 5.18. The number of rotatable bonds is 4. The Labute approximate surface area is 109 Å². The highest BCUT2D eigenvalue weighted by Crippen LogP contribution is 2.17. The molecule has 2 rings (SSSR count). The van der Waals surface area contributed by atoms with Crippen molar-refractivity contribution < 1.29 is 4.79 Å². The van der Waals surface area contributed by atoms with Crippen LogP contribution in [0, 0.1) is 0 Å². The van der Waals surface area contributed by atoms with Crippen LogP contribution in [0.2, 0.25) is 0 Å². The van der Waals surface area contributed by atoms with E-state index in [0.29, 0.717) is 6.42 Å². The fourth-order valence-corrected chi connectivity index (χ4v) is 2.50. The molecule has 0 radical (unpaired) electrons. The second kappa shape index (κ2) is 6.01. The molecule has 1 saturated carbocycles. The van der Waals surface area contributed by atoms with Crippen molar-refractivity contribution in [2.45, 2.75) is 51.1 Å². The van der Waals surface area contributed by atoms with Gasteiger partial charge in [-0.1, -0.05) is 31.2 Å². The van der Waals surface area contributed by atoms with Crippen molar-refractivity contribution in [1.82, 2.24) is 5.32 Å². The number of carbonyl (C=O) groups excluding carboxylic acids is 1. The van der Waals surface area contributed by atoms with E-state index in [-0.39, 0.29) is 18.0 Å². The summed E-state index contributed by atoms with van der Waals surface area (Å²) in [7, 11) is 0. The van der Waals surface area contributed by atoms with Gasteiger partial charge >= 0.3 is 0 Å². The van der Waals surface area contributed by atoms with Gasteiger partial charge in [0.1, 0.15) is 0 Å². The molecule has 98 valence electrons. The molecule has 0 heterocycles. The SMILES string of the molecule is CCc1ccc(CC(=O)NC2CCC(N)C2)cc1. The average molecular weight is 246 g/mol. The summed E-state index contributed by atoms with van der Waals surface area (Å²) in [6.45, 7) is 2.13. The molecule has 1 aliphatic carbocycles. The van der Waals surface area contributed by atoms with Crippen molar-refractivity contribution in [2.75, 3.05) is 0 Å². The molecule has 0 saturated heterocycles. The predicted octanol–water partition coefficient (Wildman–Crippen LogP) is 1.79. The fourth-order valence-electron chi connectivity index (χ4n) is 2.50. The van der Waals surface area contributed by atoms with Gasteiger partial charge in [-0.25, -0.2) is 0 Å². The van der Waals surface area contributed by atoms with Crippen LogP contribution in [-0.4, -0.2) is 18.0 Å². The Kier molecular flexibility index (Phi) is 4.37. The monoisotopic (exact) mass is 246 g/mol. The number of amides is 1. The highest BCUT2D eigenvalue weighted by atomic mass is 16.1. The van der Waals surface area contributed by atoms with Crippen molar-refractivity contribution in [3.05, 3.63) is 35.4 Å². The average Bonchev–Trinajstić information content (AvgIpc) is 2.75. The summed E-state index contributed by atoms with van der Waals surface area (Å²) in [6, 6.07) is 8.81. The van der Waals surface area contributed by atoms with Gasteiger partial charge in [-0.15, -0.1) is 0 Å². The van der Waals surface area contributed by atoms with Crippen LogP contribution in [0.15, 0.2) is 24.3 Å². The van der Waals surface area contributed by atoms with Gasteiger partial charge in [0, 0.05) is 12.1 Å². The summed E-state index contributed by atoms with van der Waals surface area (Å²) in [5.74, 6) is 0.110. The van der Waals surface area contributed by atoms with Gasteiger partial charge in [0.15, 0.2) is 0 Å². The van der Waals surface area contributed by atoms with E-state index in [4.69, 9.17) is 5.73 Å². The van der Waals surface area contributed by atoms with Crippen molar-refractivity contribution in [1.29, 1.82) is 0 Å². The van der Waals surface area contributed by atoms with Gasteiger partial charge < -0.3 is 11.1 Å². The van der Waals surface area contributed by atoms with Crippen LogP contribution in [0.4, 0.5) is 0 Å². The van der Waals surface area contributed by atoms with Crippen LogP contribution in [0.3, 0.4) is 0 Å². The van der Waals surface area contributed by atoms with Gasteiger partial charge in [0.2, 0.25) is 5.91 Å². The topological polar surface area (TPSA) is 55.1 Å². The minimum atomic E-state index is 0.110. The number of carbonyl (C=O) groups is 1. The molecule has 1 aromatic rings. The maximum atomic E-state index is 11.9. The molecule has 2 atom stereocenters. The maximum absolute atomic E-state index is 11.9.